The third-order valence-electron chi connectivity index (χ3n) is 4.89. The van der Waals surface area contributed by atoms with E-state index < -0.39 is 10.0 Å². The highest BCUT2D eigenvalue weighted by Crippen LogP contribution is 2.23. The molecule has 0 bridgehead atoms. The Morgan fingerprint density at radius 2 is 1.84 bits per heavy atom. The van der Waals surface area contributed by atoms with E-state index >= 15 is 0 Å². The molecule has 0 spiro atoms. The first-order valence-electron chi connectivity index (χ1n) is 8.49. The van der Waals surface area contributed by atoms with Crippen molar-refractivity contribution in [1.29, 1.82) is 0 Å². The second-order valence-corrected chi connectivity index (χ2v) is 8.59. The second-order valence-electron chi connectivity index (χ2n) is 6.65. The van der Waals surface area contributed by atoms with Gasteiger partial charge in [0.15, 0.2) is 0 Å². The minimum atomic E-state index is -3.46. The second kappa shape index (κ2) is 8.03. The molecule has 1 aromatic carbocycles. The molecule has 0 radical (unpaired) electrons. The standard InChI is InChI=1S/C17H25N3O3S.ClH/c1-13-12-20(10-7-18-13)24(22,23)17-4-3-15-5-8-19(14(2)21)9-6-16(15)11-17;/h3-4,11,13,18H,5-10,12H2,1-2H3;1H/t13-;/m0./s1. The highest BCUT2D eigenvalue weighted by molar-refractivity contribution is 7.89. The zero-order valence-electron chi connectivity index (χ0n) is 14.7. The number of rotatable bonds is 2. The van der Waals surface area contributed by atoms with Crippen LogP contribution >= 0.6 is 12.4 Å². The first-order valence-corrected chi connectivity index (χ1v) is 9.93. The molecule has 8 heteroatoms. The Kier molecular flexibility index (Phi) is 6.48. The van der Waals surface area contributed by atoms with Crippen molar-refractivity contribution in [3.05, 3.63) is 29.3 Å². The largest absolute Gasteiger partial charge is 0.342 e. The van der Waals surface area contributed by atoms with Crippen LogP contribution < -0.4 is 5.32 Å². The molecular weight excluding hydrogens is 362 g/mol. The third kappa shape index (κ3) is 4.34. The van der Waals surface area contributed by atoms with Gasteiger partial charge in [-0.2, -0.15) is 4.31 Å². The number of hydrogen-bond acceptors (Lipinski definition) is 4. The smallest absolute Gasteiger partial charge is 0.243 e. The predicted octanol–water partition coefficient (Wildman–Crippen LogP) is 1.04. The minimum absolute atomic E-state index is 0. The molecule has 2 aliphatic rings. The Hall–Kier alpha value is -1.15. The van der Waals surface area contributed by atoms with Crippen molar-refractivity contribution in [2.75, 3.05) is 32.7 Å². The SMILES string of the molecule is CC(=O)N1CCc2ccc(S(=O)(=O)N3CCN[C@@H](C)C3)cc2CC1.Cl. The zero-order chi connectivity index (χ0) is 17.3. The molecule has 140 valence electrons. The predicted molar refractivity (Wildman–Crippen MR) is 99.6 cm³/mol. The highest BCUT2D eigenvalue weighted by Gasteiger charge is 2.29. The van der Waals surface area contributed by atoms with Gasteiger partial charge in [-0.25, -0.2) is 8.42 Å². The summed E-state index contributed by atoms with van der Waals surface area (Å²) in [7, 11) is -3.46. The first-order chi connectivity index (χ1) is 11.4. The van der Waals surface area contributed by atoms with Gasteiger partial charge < -0.3 is 10.2 Å². The molecular formula is C17H26ClN3O3S. The fourth-order valence-corrected chi connectivity index (χ4v) is 5.02. The number of benzene rings is 1. The van der Waals surface area contributed by atoms with Crippen molar-refractivity contribution in [2.45, 2.75) is 37.6 Å². The molecule has 1 aromatic rings. The van der Waals surface area contributed by atoms with Gasteiger partial charge in [-0.1, -0.05) is 6.07 Å². The number of piperazine rings is 1. The molecule has 1 amide bonds. The van der Waals surface area contributed by atoms with E-state index in [1.54, 1.807) is 23.4 Å². The lowest BCUT2D eigenvalue weighted by Gasteiger charge is -2.31. The molecule has 1 N–H and O–H groups in total. The van der Waals surface area contributed by atoms with Crippen LogP contribution in [0.4, 0.5) is 0 Å². The normalized spacial score (nSPS) is 21.8. The summed E-state index contributed by atoms with van der Waals surface area (Å²) in [5, 5.41) is 3.27. The van der Waals surface area contributed by atoms with E-state index in [4.69, 9.17) is 0 Å². The fraction of sp³-hybridized carbons (Fsp3) is 0.588. The van der Waals surface area contributed by atoms with E-state index in [0.717, 1.165) is 17.5 Å². The van der Waals surface area contributed by atoms with E-state index in [2.05, 4.69) is 5.32 Å². The maximum atomic E-state index is 12.9. The van der Waals surface area contributed by atoms with Crippen molar-refractivity contribution in [3.63, 3.8) is 0 Å². The summed E-state index contributed by atoms with van der Waals surface area (Å²) in [6.45, 7) is 6.60. The average Bonchev–Trinajstić information content (AvgIpc) is 2.76. The number of nitrogens with one attached hydrogen (secondary N) is 1. The third-order valence-corrected chi connectivity index (χ3v) is 6.76. The number of halogens is 1. The number of carbonyl (C=O) groups is 1. The number of hydrogen-bond donors (Lipinski definition) is 1. The Morgan fingerprint density at radius 3 is 2.48 bits per heavy atom. The Morgan fingerprint density at radius 1 is 1.16 bits per heavy atom. The lowest BCUT2D eigenvalue weighted by molar-refractivity contribution is -0.128. The lowest BCUT2D eigenvalue weighted by Crippen LogP contribution is -2.51. The highest BCUT2D eigenvalue weighted by atomic mass is 35.5. The quantitative estimate of drug-likeness (QED) is 0.823. The Bertz CT molecular complexity index is 739. The van der Waals surface area contributed by atoms with Crippen LogP contribution in [0.25, 0.3) is 0 Å². The number of carbonyl (C=O) groups excluding carboxylic acids is 1. The van der Waals surface area contributed by atoms with Crippen LogP contribution in [0.2, 0.25) is 0 Å². The van der Waals surface area contributed by atoms with Gasteiger partial charge in [0.25, 0.3) is 0 Å². The molecule has 0 saturated carbocycles. The van der Waals surface area contributed by atoms with Crippen molar-refractivity contribution in [1.82, 2.24) is 14.5 Å². The molecule has 1 fully saturated rings. The number of amides is 1. The molecule has 3 rings (SSSR count). The summed E-state index contributed by atoms with van der Waals surface area (Å²) >= 11 is 0. The van der Waals surface area contributed by atoms with E-state index in [0.29, 0.717) is 44.0 Å². The molecule has 2 aliphatic heterocycles. The molecule has 6 nitrogen and oxygen atoms in total. The van der Waals surface area contributed by atoms with Gasteiger partial charge in [-0.05, 0) is 43.0 Å². The summed E-state index contributed by atoms with van der Waals surface area (Å²) in [6.07, 6.45) is 1.48. The fourth-order valence-electron chi connectivity index (χ4n) is 3.44. The molecule has 25 heavy (non-hydrogen) atoms. The number of nitrogens with zero attached hydrogens (tertiary/aromatic N) is 2. The van der Waals surface area contributed by atoms with Gasteiger partial charge in [-0.15, -0.1) is 12.4 Å². The molecule has 1 atom stereocenters. The molecule has 0 aliphatic carbocycles. The van der Waals surface area contributed by atoms with Gasteiger partial charge in [0, 0.05) is 45.7 Å². The number of sulfonamides is 1. The minimum Gasteiger partial charge on any atom is -0.342 e. The Balaban J connectivity index is 0.00000225. The molecule has 0 unspecified atom stereocenters. The van der Waals surface area contributed by atoms with Gasteiger partial charge in [0.05, 0.1) is 4.90 Å². The molecule has 1 saturated heterocycles. The zero-order valence-corrected chi connectivity index (χ0v) is 16.3. The van der Waals surface area contributed by atoms with Crippen molar-refractivity contribution in [2.24, 2.45) is 0 Å². The maximum Gasteiger partial charge on any atom is 0.243 e. The van der Waals surface area contributed by atoms with Crippen LogP contribution in [0.5, 0.6) is 0 Å². The topological polar surface area (TPSA) is 69.7 Å². The van der Waals surface area contributed by atoms with E-state index in [9.17, 15) is 13.2 Å². The van der Waals surface area contributed by atoms with Crippen LogP contribution in [0.3, 0.4) is 0 Å². The van der Waals surface area contributed by atoms with E-state index in [-0.39, 0.29) is 24.4 Å². The van der Waals surface area contributed by atoms with Crippen molar-refractivity contribution >= 4 is 28.3 Å². The van der Waals surface area contributed by atoms with Gasteiger partial charge in [-0.3, -0.25) is 4.79 Å². The van der Waals surface area contributed by atoms with Crippen LogP contribution in [-0.2, 0) is 27.7 Å². The summed E-state index contributed by atoms with van der Waals surface area (Å²) in [5.74, 6) is 0.0745. The summed E-state index contributed by atoms with van der Waals surface area (Å²) in [6, 6.07) is 5.60. The lowest BCUT2D eigenvalue weighted by atomic mass is 10.0. The van der Waals surface area contributed by atoms with Crippen LogP contribution in [0.1, 0.15) is 25.0 Å². The number of fused-ring (bicyclic) bond motifs is 1. The summed E-state index contributed by atoms with van der Waals surface area (Å²) < 4.78 is 27.4. The molecule has 2 heterocycles. The van der Waals surface area contributed by atoms with Gasteiger partial charge >= 0.3 is 0 Å². The van der Waals surface area contributed by atoms with E-state index in [1.807, 2.05) is 17.9 Å². The summed E-state index contributed by atoms with van der Waals surface area (Å²) in [4.78, 5) is 13.8. The Labute approximate surface area is 156 Å². The van der Waals surface area contributed by atoms with Crippen molar-refractivity contribution < 1.29 is 13.2 Å². The average molecular weight is 388 g/mol. The van der Waals surface area contributed by atoms with E-state index in [1.165, 1.54) is 0 Å². The van der Waals surface area contributed by atoms with Crippen LogP contribution in [-0.4, -0.2) is 62.3 Å². The maximum absolute atomic E-state index is 12.9. The first kappa shape index (κ1) is 20.2. The monoisotopic (exact) mass is 387 g/mol. The van der Waals surface area contributed by atoms with Gasteiger partial charge in [0.2, 0.25) is 15.9 Å². The van der Waals surface area contributed by atoms with Gasteiger partial charge in [0.1, 0.15) is 0 Å². The summed E-state index contributed by atoms with van der Waals surface area (Å²) in [5.41, 5.74) is 2.19. The van der Waals surface area contributed by atoms with Crippen LogP contribution in [0, 0.1) is 0 Å². The van der Waals surface area contributed by atoms with Crippen molar-refractivity contribution in [3.8, 4) is 0 Å². The molecule has 0 aromatic heterocycles. The van der Waals surface area contributed by atoms with Crippen LogP contribution in [0.15, 0.2) is 23.1 Å².